The fraction of sp³-hybridized carbons (Fsp3) is 0.684. The van der Waals surface area contributed by atoms with Gasteiger partial charge < -0.3 is 15.4 Å². The number of hydrogen-bond donors (Lipinski definition) is 2. The van der Waals surface area contributed by atoms with Crippen LogP contribution in [0.2, 0.25) is 0 Å². The van der Waals surface area contributed by atoms with Crippen LogP contribution in [0.3, 0.4) is 0 Å². The molecule has 0 radical (unpaired) electrons. The Labute approximate surface area is 141 Å². The van der Waals surface area contributed by atoms with Gasteiger partial charge in [-0.1, -0.05) is 38.1 Å². The first-order valence-electron chi connectivity index (χ1n) is 9.06. The first-order valence-corrected chi connectivity index (χ1v) is 9.06. The molecule has 0 aromatic heterocycles. The van der Waals surface area contributed by atoms with Crippen molar-refractivity contribution in [1.29, 1.82) is 0 Å². The van der Waals surface area contributed by atoms with Crippen LogP contribution in [0.1, 0.15) is 38.3 Å². The molecule has 1 aliphatic rings. The van der Waals surface area contributed by atoms with Gasteiger partial charge in [0.1, 0.15) is 0 Å². The van der Waals surface area contributed by atoms with E-state index in [-0.39, 0.29) is 0 Å². The van der Waals surface area contributed by atoms with Crippen molar-refractivity contribution in [2.75, 3.05) is 32.8 Å². The number of nitrogens with zero attached hydrogens (tertiary/aromatic N) is 1. The first-order chi connectivity index (χ1) is 11.2. The lowest BCUT2D eigenvalue weighted by Gasteiger charge is -2.27. The van der Waals surface area contributed by atoms with Gasteiger partial charge in [-0.2, -0.15) is 0 Å². The van der Waals surface area contributed by atoms with E-state index in [9.17, 15) is 0 Å². The standard InChI is InChI=1S/C19H33N3O/c1-4-22(5-2)14-18-9-7-6-8-17(18)13-21-16(3)12-19-15-23-11-10-20-19/h6-9,16,19-21H,4-5,10-15H2,1-3H3. The van der Waals surface area contributed by atoms with Gasteiger partial charge in [0.05, 0.1) is 13.2 Å². The zero-order valence-corrected chi connectivity index (χ0v) is 15.0. The molecule has 1 aromatic rings. The summed E-state index contributed by atoms with van der Waals surface area (Å²) in [6, 6.07) is 9.77. The van der Waals surface area contributed by atoms with E-state index < -0.39 is 0 Å². The van der Waals surface area contributed by atoms with Crippen LogP contribution in [-0.4, -0.2) is 49.8 Å². The average molecular weight is 319 g/mol. The van der Waals surface area contributed by atoms with E-state index in [1.807, 2.05) is 0 Å². The summed E-state index contributed by atoms with van der Waals surface area (Å²) in [6.07, 6.45) is 1.11. The van der Waals surface area contributed by atoms with Gasteiger partial charge in [0.15, 0.2) is 0 Å². The molecule has 4 heteroatoms. The van der Waals surface area contributed by atoms with Gasteiger partial charge >= 0.3 is 0 Å². The van der Waals surface area contributed by atoms with Crippen LogP contribution < -0.4 is 10.6 Å². The maximum Gasteiger partial charge on any atom is 0.0620 e. The van der Waals surface area contributed by atoms with E-state index in [2.05, 4.69) is 60.6 Å². The molecule has 2 N–H and O–H groups in total. The molecule has 130 valence electrons. The minimum atomic E-state index is 0.482. The molecular weight excluding hydrogens is 286 g/mol. The van der Waals surface area contributed by atoms with Crippen LogP contribution >= 0.6 is 0 Å². The molecule has 4 nitrogen and oxygen atoms in total. The van der Waals surface area contributed by atoms with E-state index in [0.29, 0.717) is 12.1 Å². The van der Waals surface area contributed by atoms with Crippen molar-refractivity contribution in [1.82, 2.24) is 15.5 Å². The topological polar surface area (TPSA) is 36.5 Å². The van der Waals surface area contributed by atoms with Crippen LogP contribution in [0.4, 0.5) is 0 Å². The van der Waals surface area contributed by atoms with Gasteiger partial charge in [0, 0.05) is 31.7 Å². The third-order valence-electron chi connectivity index (χ3n) is 4.68. The van der Waals surface area contributed by atoms with Gasteiger partial charge in [-0.15, -0.1) is 0 Å². The molecule has 1 aromatic carbocycles. The minimum Gasteiger partial charge on any atom is -0.379 e. The zero-order chi connectivity index (χ0) is 16.5. The van der Waals surface area contributed by atoms with E-state index in [1.165, 1.54) is 11.1 Å². The third-order valence-corrected chi connectivity index (χ3v) is 4.68. The monoisotopic (exact) mass is 319 g/mol. The second-order valence-electron chi connectivity index (χ2n) is 6.47. The lowest BCUT2D eigenvalue weighted by atomic mass is 10.0. The van der Waals surface area contributed by atoms with Crippen LogP contribution in [-0.2, 0) is 17.8 Å². The van der Waals surface area contributed by atoms with Crippen LogP contribution in [0, 0.1) is 0 Å². The molecule has 0 spiro atoms. The fourth-order valence-corrected chi connectivity index (χ4v) is 3.14. The summed E-state index contributed by atoms with van der Waals surface area (Å²) in [6.45, 7) is 13.6. The Morgan fingerprint density at radius 3 is 2.65 bits per heavy atom. The second kappa shape index (κ2) is 10.0. The summed E-state index contributed by atoms with van der Waals surface area (Å²) >= 11 is 0. The molecule has 2 rings (SSSR count). The molecule has 1 heterocycles. The molecule has 1 aliphatic heterocycles. The summed E-state index contributed by atoms with van der Waals surface area (Å²) in [5.41, 5.74) is 2.86. The zero-order valence-electron chi connectivity index (χ0n) is 15.0. The van der Waals surface area contributed by atoms with Crippen molar-refractivity contribution in [2.24, 2.45) is 0 Å². The summed E-state index contributed by atoms with van der Waals surface area (Å²) in [4.78, 5) is 2.46. The van der Waals surface area contributed by atoms with Gasteiger partial charge in [-0.3, -0.25) is 4.90 Å². The fourth-order valence-electron chi connectivity index (χ4n) is 3.14. The Bertz CT molecular complexity index is 442. The van der Waals surface area contributed by atoms with Gasteiger partial charge in [-0.25, -0.2) is 0 Å². The lowest BCUT2D eigenvalue weighted by molar-refractivity contribution is 0.0712. The van der Waals surface area contributed by atoms with E-state index >= 15 is 0 Å². The predicted octanol–water partition coefficient (Wildman–Crippen LogP) is 2.38. The highest BCUT2D eigenvalue weighted by atomic mass is 16.5. The van der Waals surface area contributed by atoms with Gasteiger partial charge in [0.25, 0.3) is 0 Å². The number of ether oxygens (including phenoxy) is 1. The highest BCUT2D eigenvalue weighted by Crippen LogP contribution is 2.12. The number of benzene rings is 1. The van der Waals surface area contributed by atoms with Crippen molar-refractivity contribution in [3.8, 4) is 0 Å². The quantitative estimate of drug-likeness (QED) is 0.733. The van der Waals surface area contributed by atoms with E-state index in [1.54, 1.807) is 0 Å². The average Bonchev–Trinajstić information content (AvgIpc) is 2.59. The highest BCUT2D eigenvalue weighted by Gasteiger charge is 2.16. The maximum absolute atomic E-state index is 5.54. The number of morpholine rings is 1. The Balaban J connectivity index is 1.84. The molecule has 0 aliphatic carbocycles. The Hall–Kier alpha value is -0.940. The molecule has 0 bridgehead atoms. The van der Waals surface area contributed by atoms with Crippen molar-refractivity contribution < 1.29 is 4.74 Å². The summed E-state index contributed by atoms with van der Waals surface area (Å²) in [5.74, 6) is 0. The normalized spacial score (nSPS) is 19.9. The van der Waals surface area contributed by atoms with E-state index in [4.69, 9.17) is 4.74 Å². The summed E-state index contributed by atoms with van der Waals surface area (Å²) < 4.78 is 5.54. The molecule has 1 saturated heterocycles. The molecule has 0 saturated carbocycles. The molecule has 2 unspecified atom stereocenters. The van der Waals surface area contributed by atoms with Crippen molar-refractivity contribution in [3.63, 3.8) is 0 Å². The van der Waals surface area contributed by atoms with Crippen LogP contribution in [0.25, 0.3) is 0 Å². The first kappa shape index (κ1) is 18.4. The van der Waals surface area contributed by atoms with Crippen molar-refractivity contribution in [2.45, 2.75) is 52.4 Å². The van der Waals surface area contributed by atoms with Crippen LogP contribution in [0.5, 0.6) is 0 Å². The molecule has 0 amide bonds. The second-order valence-corrected chi connectivity index (χ2v) is 6.47. The summed E-state index contributed by atoms with van der Waals surface area (Å²) in [5, 5.41) is 7.21. The smallest absolute Gasteiger partial charge is 0.0620 e. The number of hydrogen-bond acceptors (Lipinski definition) is 4. The minimum absolute atomic E-state index is 0.482. The number of rotatable bonds is 9. The predicted molar refractivity (Wildman–Crippen MR) is 96.6 cm³/mol. The molecule has 2 atom stereocenters. The summed E-state index contributed by atoms with van der Waals surface area (Å²) in [7, 11) is 0. The Kier molecular flexibility index (Phi) is 8.03. The largest absolute Gasteiger partial charge is 0.379 e. The Morgan fingerprint density at radius 2 is 2.00 bits per heavy atom. The van der Waals surface area contributed by atoms with E-state index in [0.717, 1.165) is 52.4 Å². The molecule has 23 heavy (non-hydrogen) atoms. The van der Waals surface area contributed by atoms with Crippen LogP contribution in [0.15, 0.2) is 24.3 Å². The van der Waals surface area contributed by atoms with Crippen molar-refractivity contribution in [3.05, 3.63) is 35.4 Å². The third kappa shape index (κ3) is 6.22. The number of nitrogens with one attached hydrogen (secondary N) is 2. The van der Waals surface area contributed by atoms with Gasteiger partial charge in [-0.05, 0) is 37.6 Å². The Morgan fingerprint density at radius 1 is 1.26 bits per heavy atom. The van der Waals surface area contributed by atoms with Gasteiger partial charge in [0.2, 0.25) is 0 Å². The molecular formula is C19H33N3O. The molecule has 1 fully saturated rings. The highest BCUT2D eigenvalue weighted by molar-refractivity contribution is 5.27. The SMILES string of the molecule is CCN(CC)Cc1ccccc1CNC(C)CC1COCCN1. The lowest BCUT2D eigenvalue weighted by Crippen LogP contribution is -2.44. The maximum atomic E-state index is 5.54. The van der Waals surface area contributed by atoms with Crippen molar-refractivity contribution >= 4 is 0 Å².